The Morgan fingerprint density at radius 1 is 1.45 bits per heavy atom. The summed E-state index contributed by atoms with van der Waals surface area (Å²) in [5, 5.41) is 9.06. The lowest BCUT2D eigenvalue weighted by molar-refractivity contribution is -0.137. The molecule has 1 aliphatic rings. The summed E-state index contributed by atoms with van der Waals surface area (Å²) in [6.45, 7) is -0.643. The third kappa shape index (κ3) is 2.83. The Bertz CT molecular complexity index is 615. The van der Waals surface area contributed by atoms with Gasteiger partial charge in [0.2, 0.25) is 10.0 Å². The van der Waals surface area contributed by atoms with Crippen LogP contribution in [0.1, 0.15) is 5.56 Å². The molecule has 1 unspecified atom stereocenters. The van der Waals surface area contributed by atoms with Gasteiger partial charge in [-0.05, 0) is 18.2 Å². The van der Waals surface area contributed by atoms with Gasteiger partial charge in [0.1, 0.15) is 11.9 Å². The molecule has 9 heteroatoms. The number of halogens is 3. The van der Waals surface area contributed by atoms with Gasteiger partial charge in [0.15, 0.2) is 0 Å². The Hall–Kier alpha value is -1.48. The minimum Gasteiger partial charge on any atom is -0.484 e. The Morgan fingerprint density at radius 2 is 2.10 bits per heavy atom. The number of nitrogens with zero attached hydrogens (tertiary/aromatic N) is 1. The molecule has 0 aliphatic carbocycles. The molecule has 0 saturated carbocycles. The second kappa shape index (κ2) is 4.81. The van der Waals surface area contributed by atoms with Crippen LogP contribution in [0.3, 0.4) is 0 Å². The molecule has 0 spiro atoms. The van der Waals surface area contributed by atoms with Gasteiger partial charge < -0.3 is 9.84 Å². The number of fused-ring (bicyclic) bond motifs is 1. The number of anilines is 1. The van der Waals surface area contributed by atoms with E-state index in [1.165, 1.54) is 0 Å². The van der Waals surface area contributed by atoms with Gasteiger partial charge in [-0.15, -0.1) is 0 Å². The van der Waals surface area contributed by atoms with Crippen LogP contribution in [0.2, 0.25) is 0 Å². The molecule has 0 saturated heterocycles. The topological polar surface area (TPSA) is 66.8 Å². The van der Waals surface area contributed by atoms with E-state index < -0.39 is 34.5 Å². The largest absolute Gasteiger partial charge is 0.484 e. The van der Waals surface area contributed by atoms with Crippen molar-refractivity contribution >= 4 is 15.7 Å². The molecule has 0 radical (unpaired) electrons. The van der Waals surface area contributed by atoms with E-state index in [2.05, 4.69) is 0 Å². The van der Waals surface area contributed by atoms with Crippen LogP contribution in [0.5, 0.6) is 5.75 Å². The zero-order chi connectivity index (χ0) is 15.1. The highest BCUT2D eigenvalue weighted by Gasteiger charge is 2.35. The Morgan fingerprint density at radius 3 is 2.60 bits per heavy atom. The van der Waals surface area contributed by atoms with Crippen molar-refractivity contribution in [2.24, 2.45) is 0 Å². The molecule has 5 nitrogen and oxygen atoms in total. The molecule has 1 aliphatic heterocycles. The average Bonchev–Trinajstić information content (AvgIpc) is 2.34. The average molecular weight is 311 g/mol. The fraction of sp³-hybridized carbons (Fsp3) is 0.455. The number of aliphatic hydroxyl groups is 1. The van der Waals surface area contributed by atoms with Crippen molar-refractivity contribution in [1.29, 1.82) is 0 Å². The lowest BCUT2D eigenvalue weighted by atomic mass is 10.1. The van der Waals surface area contributed by atoms with Gasteiger partial charge in [-0.25, -0.2) is 8.42 Å². The van der Waals surface area contributed by atoms with Crippen molar-refractivity contribution in [1.82, 2.24) is 0 Å². The maximum Gasteiger partial charge on any atom is 0.416 e. The Labute approximate surface area is 113 Å². The first-order chi connectivity index (χ1) is 9.13. The summed E-state index contributed by atoms with van der Waals surface area (Å²) < 4.78 is 67.3. The van der Waals surface area contributed by atoms with E-state index in [0.29, 0.717) is 0 Å². The van der Waals surface area contributed by atoms with Crippen molar-refractivity contribution < 1.29 is 31.4 Å². The molecule has 1 aromatic carbocycles. The molecule has 0 amide bonds. The molecule has 1 atom stereocenters. The number of hydrogen-bond donors (Lipinski definition) is 1. The highest BCUT2D eigenvalue weighted by Crippen LogP contribution is 2.39. The van der Waals surface area contributed by atoms with Gasteiger partial charge in [-0.3, -0.25) is 4.31 Å². The maximum absolute atomic E-state index is 12.6. The predicted molar refractivity (Wildman–Crippen MR) is 65.1 cm³/mol. The molecule has 0 bridgehead atoms. The van der Waals surface area contributed by atoms with Gasteiger partial charge in [0.05, 0.1) is 30.7 Å². The summed E-state index contributed by atoms with van der Waals surface area (Å²) in [4.78, 5) is 0. The van der Waals surface area contributed by atoms with Crippen LogP contribution in [-0.2, 0) is 16.2 Å². The number of ether oxygens (including phenoxy) is 1. The number of sulfonamides is 1. The molecule has 1 heterocycles. The van der Waals surface area contributed by atoms with Crippen molar-refractivity contribution in [3.8, 4) is 5.75 Å². The maximum atomic E-state index is 12.6. The van der Waals surface area contributed by atoms with Gasteiger partial charge >= 0.3 is 6.18 Å². The second-order valence-corrected chi connectivity index (χ2v) is 6.30. The van der Waals surface area contributed by atoms with E-state index in [1.807, 2.05) is 0 Å². The predicted octanol–water partition coefficient (Wildman–Crippen LogP) is 1.22. The molecule has 20 heavy (non-hydrogen) atoms. The zero-order valence-electron chi connectivity index (χ0n) is 10.4. The fourth-order valence-electron chi connectivity index (χ4n) is 1.90. The van der Waals surface area contributed by atoms with Gasteiger partial charge in [0.25, 0.3) is 0 Å². The molecule has 1 N–H and O–H groups in total. The van der Waals surface area contributed by atoms with Crippen LogP contribution in [-0.4, -0.2) is 39.0 Å². The first-order valence-electron chi connectivity index (χ1n) is 5.59. The van der Waals surface area contributed by atoms with Crippen molar-refractivity contribution in [2.75, 3.05) is 23.7 Å². The number of hydrogen-bond acceptors (Lipinski definition) is 4. The second-order valence-electron chi connectivity index (χ2n) is 4.40. The normalized spacial score (nSPS) is 19.4. The van der Waals surface area contributed by atoms with Crippen LogP contribution in [0.25, 0.3) is 0 Å². The van der Waals surface area contributed by atoms with Crippen molar-refractivity contribution in [3.63, 3.8) is 0 Å². The summed E-state index contributed by atoms with van der Waals surface area (Å²) in [5.41, 5.74) is -0.909. The van der Waals surface area contributed by atoms with Crippen LogP contribution >= 0.6 is 0 Å². The van der Waals surface area contributed by atoms with Crippen molar-refractivity contribution in [2.45, 2.75) is 12.3 Å². The Balaban J connectivity index is 2.53. The lowest BCUT2D eigenvalue weighted by Crippen LogP contribution is -2.44. The van der Waals surface area contributed by atoms with E-state index in [0.717, 1.165) is 28.8 Å². The van der Waals surface area contributed by atoms with E-state index >= 15 is 0 Å². The summed E-state index contributed by atoms with van der Waals surface area (Å²) in [6.07, 6.45) is -4.52. The monoisotopic (exact) mass is 311 g/mol. The highest BCUT2D eigenvalue weighted by atomic mass is 32.2. The van der Waals surface area contributed by atoms with Crippen LogP contribution in [0.15, 0.2) is 18.2 Å². The molecule has 2 rings (SSSR count). The summed E-state index contributed by atoms with van der Waals surface area (Å²) in [7, 11) is -3.67. The minimum absolute atomic E-state index is 0.0326. The quantitative estimate of drug-likeness (QED) is 0.892. The van der Waals surface area contributed by atoms with Gasteiger partial charge in [0, 0.05) is 0 Å². The van der Waals surface area contributed by atoms with E-state index in [-0.39, 0.29) is 18.0 Å². The minimum atomic E-state index is -4.56. The first kappa shape index (κ1) is 14.9. The van der Waals surface area contributed by atoms with Crippen LogP contribution in [0.4, 0.5) is 18.9 Å². The van der Waals surface area contributed by atoms with E-state index in [4.69, 9.17) is 9.84 Å². The SMILES string of the molecule is CS(=O)(=O)N1CC(CO)Oc2cc(C(F)(F)F)ccc21. The molecule has 0 fully saturated rings. The Kier molecular flexibility index (Phi) is 3.59. The summed E-state index contributed by atoms with van der Waals surface area (Å²) in [6, 6.07) is 2.57. The number of rotatable bonds is 2. The van der Waals surface area contributed by atoms with Crippen LogP contribution in [0, 0.1) is 0 Å². The standard InChI is InChI=1S/C11H12F3NO4S/c1-20(17,18)15-5-8(6-16)19-10-4-7(11(12,13)14)2-3-9(10)15/h2-4,8,16H,5-6H2,1H3. The molecule has 0 aromatic heterocycles. The summed E-state index contributed by atoms with van der Waals surface area (Å²) >= 11 is 0. The smallest absolute Gasteiger partial charge is 0.416 e. The molecule has 112 valence electrons. The van der Waals surface area contributed by atoms with Crippen LogP contribution < -0.4 is 9.04 Å². The fourth-order valence-corrected chi connectivity index (χ4v) is 2.85. The van der Waals surface area contributed by atoms with Gasteiger partial charge in [-0.2, -0.15) is 13.2 Å². The number of benzene rings is 1. The first-order valence-corrected chi connectivity index (χ1v) is 7.44. The van der Waals surface area contributed by atoms with E-state index in [9.17, 15) is 21.6 Å². The number of aliphatic hydroxyl groups excluding tert-OH is 1. The third-order valence-corrected chi connectivity index (χ3v) is 3.97. The van der Waals surface area contributed by atoms with Gasteiger partial charge in [-0.1, -0.05) is 0 Å². The summed E-state index contributed by atoms with van der Waals surface area (Å²) in [5.74, 6) is -0.212. The zero-order valence-corrected chi connectivity index (χ0v) is 11.2. The molecule has 1 aromatic rings. The number of alkyl halides is 3. The third-order valence-electron chi connectivity index (χ3n) is 2.82. The van der Waals surface area contributed by atoms with E-state index in [1.54, 1.807) is 0 Å². The van der Waals surface area contributed by atoms with Crippen molar-refractivity contribution in [3.05, 3.63) is 23.8 Å². The molecular weight excluding hydrogens is 299 g/mol. The lowest BCUT2D eigenvalue weighted by Gasteiger charge is -2.34. The molecular formula is C11H12F3NO4S. The highest BCUT2D eigenvalue weighted by molar-refractivity contribution is 7.92.